The number of aliphatic hydroxyl groups excluding tert-OH is 1. The van der Waals surface area contributed by atoms with E-state index in [4.69, 9.17) is 16.2 Å². The fraction of sp³-hybridized carbons (Fsp3) is 0.917. The van der Waals surface area contributed by atoms with E-state index in [9.17, 15) is 13.2 Å². The van der Waals surface area contributed by atoms with Gasteiger partial charge in [0, 0.05) is 19.1 Å². The average Bonchev–Trinajstić information content (AvgIpc) is 2.33. The Morgan fingerprint density at radius 1 is 1.32 bits per heavy atom. The van der Waals surface area contributed by atoms with Crippen LogP contribution in [0.5, 0.6) is 0 Å². The zero-order chi connectivity index (χ0) is 14.5. The smallest absolute Gasteiger partial charge is 0.395 e. The maximum Gasteiger partial charge on any atom is 0.399 e. The van der Waals surface area contributed by atoms with Crippen molar-refractivity contribution in [1.29, 1.82) is 5.41 Å². The molecule has 0 aromatic carbocycles. The van der Waals surface area contributed by atoms with Gasteiger partial charge in [-0.3, -0.25) is 10.3 Å². The van der Waals surface area contributed by atoms with Crippen molar-refractivity contribution in [3.63, 3.8) is 0 Å². The third-order valence-corrected chi connectivity index (χ3v) is 3.67. The second-order valence-corrected chi connectivity index (χ2v) is 5.06. The zero-order valence-electron chi connectivity index (χ0n) is 10.9. The zero-order valence-corrected chi connectivity index (χ0v) is 10.9. The summed E-state index contributed by atoms with van der Waals surface area (Å²) in [7, 11) is 0. The van der Waals surface area contributed by atoms with Crippen LogP contribution in [0.2, 0.25) is 0 Å². The van der Waals surface area contributed by atoms with E-state index in [2.05, 4.69) is 0 Å². The lowest BCUT2D eigenvalue weighted by Gasteiger charge is -2.36. The highest BCUT2D eigenvalue weighted by molar-refractivity contribution is 5.80. The van der Waals surface area contributed by atoms with E-state index in [1.807, 2.05) is 0 Å². The molecule has 1 saturated carbocycles. The maximum absolute atomic E-state index is 12.8. The molecule has 0 bridgehead atoms. The average molecular weight is 281 g/mol. The van der Waals surface area contributed by atoms with Gasteiger partial charge in [-0.05, 0) is 12.8 Å². The topological polar surface area (TPSA) is 73.3 Å². The van der Waals surface area contributed by atoms with E-state index in [-0.39, 0.29) is 25.7 Å². The summed E-state index contributed by atoms with van der Waals surface area (Å²) < 4.78 is 38.5. The van der Waals surface area contributed by atoms with E-state index < -0.39 is 17.9 Å². The fourth-order valence-electron chi connectivity index (χ4n) is 2.61. The van der Waals surface area contributed by atoms with Gasteiger partial charge in [0.05, 0.1) is 6.61 Å². The standard InChI is InChI=1S/C12H22F3N3O/c13-12(14,15)10(11(16)17)8-18(6-7-19)9-4-2-1-3-5-9/h9-10,19H,1-8H2,(H3,16,17). The largest absolute Gasteiger partial charge is 0.399 e. The highest BCUT2D eigenvalue weighted by Gasteiger charge is 2.43. The predicted octanol–water partition coefficient (Wildman–Crippen LogP) is 1.73. The quantitative estimate of drug-likeness (QED) is 0.513. The van der Waals surface area contributed by atoms with Crippen molar-refractivity contribution in [3.8, 4) is 0 Å². The summed E-state index contributed by atoms with van der Waals surface area (Å²) in [5.41, 5.74) is 5.07. The van der Waals surface area contributed by atoms with Gasteiger partial charge in [0.1, 0.15) is 11.8 Å². The summed E-state index contributed by atoms with van der Waals surface area (Å²) in [6.45, 7) is -0.312. The summed E-state index contributed by atoms with van der Waals surface area (Å²) in [6, 6.07) is 0.0603. The van der Waals surface area contributed by atoms with Gasteiger partial charge < -0.3 is 10.8 Å². The van der Waals surface area contributed by atoms with Crippen LogP contribution in [0.3, 0.4) is 0 Å². The number of hydrogen-bond donors (Lipinski definition) is 3. The second-order valence-electron chi connectivity index (χ2n) is 5.06. The van der Waals surface area contributed by atoms with Crippen LogP contribution in [0, 0.1) is 11.3 Å². The minimum Gasteiger partial charge on any atom is -0.395 e. The Hall–Kier alpha value is -0.820. The number of nitrogens with zero attached hydrogens (tertiary/aromatic N) is 1. The minimum absolute atomic E-state index is 0.0603. The molecule has 0 heterocycles. The first-order chi connectivity index (χ1) is 8.86. The molecule has 7 heteroatoms. The molecule has 1 unspecified atom stereocenters. The monoisotopic (exact) mass is 281 g/mol. The SMILES string of the molecule is N=C(N)C(CN(CCO)C1CCCCC1)C(F)(F)F. The molecule has 19 heavy (non-hydrogen) atoms. The van der Waals surface area contributed by atoms with Crippen LogP contribution in [0.15, 0.2) is 0 Å². The molecule has 112 valence electrons. The summed E-state index contributed by atoms with van der Waals surface area (Å²) >= 11 is 0. The van der Waals surface area contributed by atoms with Gasteiger partial charge in [-0.1, -0.05) is 19.3 Å². The minimum atomic E-state index is -4.51. The molecule has 1 atom stereocenters. The number of alkyl halides is 3. The molecule has 1 rings (SSSR count). The fourth-order valence-corrected chi connectivity index (χ4v) is 2.61. The molecule has 1 aliphatic carbocycles. The van der Waals surface area contributed by atoms with E-state index in [1.165, 1.54) is 0 Å². The Balaban J connectivity index is 2.71. The van der Waals surface area contributed by atoms with E-state index in [1.54, 1.807) is 4.90 Å². The van der Waals surface area contributed by atoms with Crippen LogP contribution < -0.4 is 5.73 Å². The number of rotatable bonds is 6. The van der Waals surface area contributed by atoms with E-state index >= 15 is 0 Å². The molecule has 0 aromatic heterocycles. The van der Waals surface area contributed by atoms with Crippen LogP contribution in [0.1, 0.15) is 32.1 Å². The van der Waals surface area contributed by atoms with Crippen molar-refractivity contribution in [2.75, 3.05) is 19.7 Å². The normalized spacial score (nSPS) is 19.6. The van der Waals surface area contributed by atoms with Crippen LogP contribution in [0.4, 0.5) is 13.2 Å². The number of nitrogens with one attached hydrogen (secondary N) is 1. The van der Waals surface area contributed by atoms with E-state index in [0.717, 1.165) is 32.1 Å². The Labute approximate surface area is 111 Å². The summed E-state index contributed by atoms with van der Waals surface area (Å²) in [4.78, 5) is 1.64. The van der Waals surface area contributed by atoms with Gasteiger partial charge in [-0.25, -0.2) is 0 Å². The van der Waals surface area contributed by atoms with Crippen LogP contribution in [-0.4, -0.2) is 47.8 Å². The van der Waals surface area contributed by atoms with Gasteiger partial charge in [-0.15, -0.1) is 0 Å². The maximum atomic E-state index is 12.8. The van der Waals surface area contributed by atoms with Crippen molar-refractivity contribution < 1.29 is 18.3 Å². The summed E-state index contributed by atoms with van der Waals surface area (Å²) in [5, 5.41) is 16.1. The Bertz CT molecular complexity index is 290. The van der Waals surface area contributed by atoms with Gasteiger partial charge in [0.2, 0.25) is 0 Å². The number of aliphatic hydroxyl groups is 1. The van der Waals surface area contributed by atoms with Gasteiger partial charge in [0.25, 0.3) is 0 Å². The molecule has 1 aliphatic rings. The molecule has 0 amide bonds. The molecular formula is C12H22F3N3O. The Kier molecular flexibility index (Phi) is 6.06. The number of nitrogens with two attached hydrogens (primary N) is 1. The first kappa shape index (κ1) is 16.2. The van der Waals surface area contributed by atoms with Crippen molar-refractivity contribution in [2.45, 2.75) is 44.3 Å². The van der Waals surface area contributed by atoms with Crippen molar-refractivity contribution >= 4 is 5.84 Å². The summed E-state index contributed by atoms with van der Waals surface area (Å²) in [5.74, 6) is -2.80. The predicted molar refractivity (Wildman–Crippen MR) is 67.0 cm³/mol. The Morgan fingerprint density at radius 3 is 2.32 bits per heavy atom. The van der Waals surface area contributed by atoms with Gasteiger partial charge in [-0.2, -0.15) is 13.2 Å². The van der Waals surface area contributed by atoms with Crippen molar-refractivity contribution in [1.82, 2.24) is 4.90 Å². The van der Waals surface area contributed by atoms with Crippen LogP contribution in [0.25, 0.3) is 0 Å². The first-order valence-electron chi connectivity index (χ1n) is 6.61. The molecule has 0 aromatic rings. The number of amidine groups is 1. The number of hydrogen-bond acceptors (Lipinski definition) is 3. The second kappa shape index (κ2) is 7.09. The lowest BCUT2D eigenvalue weighted by molar-refractivity contribution is -0.162. The molecule has 0 radical (unpaired) electrons. The third kappa shape index (κ3) is 4.99. The lowest BCUT2D eigenvalue weighted by Crippen LogP contribution is -2.48. The molecule has 4 nitrogen and oxygen atoms in total. The van der Waals surface area contributed by atoms with Crippen LogP contribution >= 0.6 is 0 Å². The molecular weight excluding hydrogens is 259 g/mol. The molecule has 0 saturated heterocycles. The highest BCUT2D eigenvalue weighted by atomic mass is 19.4. The third-order valence-electron chi connectivity index (χ3n) is 3.67. The molecule has 1 fully saturated rings. The lowest BCUT2D eigenvalue weighted by atomic mass is 9.93. The number of halogens is 3. The van der Waals surface area contributed by atoms with Crippen molar-refractivity contribution in [2.24, 2.45) is 11.7 Å². The molecule has 0 aliphatic heterocycles. The summed E-state index contributed by atoms with van der Waals surface area (Å²) in [6.07, 6.45) is 0.310. The van der Waals surface area contributed by atoms with Gasteiger partial charge >= 0.3 is 6.18 Å². The first-order valence-corrected chi connectivity index (χ1v) is 6.61. The van der Waals surface area contributed by atoms with Gasteiger partial charge in [0.15, 0.2) is 0 Å². The van der Waals surface area contributed by atoms with Crippen LogP contribution in [-0.2, 0) is 0 Å². The molecule has 4 N–H and O–H groups in total. The van der Waals surface area contributed by atoms with Crippen molar-refractivity contribution in [3.05, 3.63) is 0 Å². The van der Waals surface area contributed by atoms with E-state index in [0.29, 0.717) is 0 Å². The Morgan fingerprint density at radius 2 is 1.89 bits per heavy atom. The molecule has 0 spiro atoms. The highest BCUT2D eigenvalue weighted by Crippen LogP contribution is 2.29.